The number of hydrogen-bond donors (Lipinski definition) is 3. The number of halogens is 2. The number of fused-ring (bicyclic) bond motifs is 2. The van der Waals surface area contributed by atoms with Gasteiger partial charge >= 0.3 is 0 Å². The number of benzene rings is 1. The quantitative estimate of drug-likeness (QED) is 0.581. The van der Waals surface area contributed by atoms with Crippen LogP contribution in [0, 0.1) is 5.82 Å². The van der Waals surface area contributed by atoms with E-state index in [0.717, 1.165) is 35.0 Å². The number of amides is 1. The van der Waals surface area contributed by atoms with Crippen LogP contribution in [-0.2, 0) is 13.0 Å². The Bertz CT molecular complexity index is 1110. The van der Waals surface area contributed by atoms with Gasteiger partial charge in [0.05, 0.1) is 22.9 Å². The standard InChI is InChI=1S/C20H20ClFN4O2S/c21-17-11-8-15(24-13(11)3-2-12(17)22)18(27)26-7-4-14-16(9-26)29-19(25-14)23-10-20(28)5-1-6-20/h2-3,8,24,28H,1,4-7,9-10H2,(H,23,25). The molecule has 6 nitrogen and oxygen atoms in total. The maximum absolute atomic E-state index is 13.7. The van der Waals surface area contributed by atoms with Crippen molar-refractivity contribution in [3.8, 4) is 0 Å². The zero-order chi connectivity index (χ0) is 20.2. The maximum atomic E-state index is 13.7. The van der Waals surface area contributed by atoms with Crippen molar-refractivity contribution in [2.75, 3.05) is 18.4 Å². The van der Waals surface area contributed by atoms with Crippen LogP contribution in [0.3, 0.4) is 0 Å². The second kappa shape index (κ2) is 6.97. The first kappa shape index (κ1) is 18.8. The number of nitrogens with zero attached hydrogens (tertiary/aromatic N) is 2. The van der Waals surface area contributed by atoms with Gasteiger partial charge in [-0.15, -0.1) is 0 Å². The lowest BCUT2D eigenvalue weighted by atomic mass is 9.80. The number of aliphatic hydroxyl groups is 1. The molecule has 5 rings (SSSR count). The highest BCUT2D eigenvalue weighted by molar-refractivity contribution is 7.15. The second-order valence-corrected chi connectivity index (χ2v) is 9.26. The number of hydrogen-bond acceptors (Lipinski definition) is 5. The normalized spacial score (nSPS) is 17.8. The smallest absolute Gasteiger partial charge is 0.270 e. The Labute approximate surface area is 175 Å². The summed E-state index contributed by atoms with van der Waals surface area (Å²) in [4.78, 5) is 23.5. The van der Waals surface area contributed by atoms with Gasteiger partial charge in [0.2, 0.25) is 0 Å². The molecule has 0 saturated heterocycles. The second-order valence-electron chi connectivity index (χ2n) is 7.80. The van der Waals surface area contributed by atoms with Gasteiger partial charge in [-0.3, -0.25) is 4.79 Å². The summed E-state index contributed by atoms with van der Waals surface area (Å²) in [7, 11) is 0. The molecule has 0 radical (unpaired) electrons. The molecule has 29 heavy (non-hydrogen) atoms. The van der Waals surface area contributed by atoms with Crippen LogP contribution in [0.4, 0.5) is 9.52 Å². The van der Waals surface area contributed by atoms with Crippen molar-refractivity contribution in [3.63, 3.8) is 0 Å². The van der Waals surface area contributed by atoms with Gasteiger partial charge in [0.15, 0.2) is 5.13 Å². The third-order valence-electron chi connectivity index (χ3n) is 5.79. The van der Waals surface area contributed by atoms with Crippen molar-refractivity contribution in [3.05, 3.63) is 45.3 Å². The summed E-state index contributed by atoms with van der Waals surface area (Å²) < 4.78 is 13.7. The molecular weight excluding hydrogens is 415 g/mol. The Morgan fingerprint density at radius 2 is 2.28 bits per heavy atom. The van der Waals surface area contributed by atoms with Gasteiger partial charge in [-0.1, -0.05) is 22.9 Å². The van der Waals surface area contributed by atoms with E-state index >= 15 is 0 Å². The van der Waals surface area contributed by atoms with Crippen LogP contribution < -0.4 is 5.32 Å². The van der Waals surface area contributed by atoms with E-state index in [2.05, 4.69) is 15.3 Å². The molecule has 1 fully saturated rings. The number of aromatic amines is 1. The molecule has 1 aromatic carbocycles. The number of anilines is 1. The summed E-state index contributed by atoms with van der Waals surface area (Å²) in [6, 6.07) is 4.48. The first-order valence-corrected chi connectivity index (χ1v) is 10.8. The van der Waals surface area contributed by atoms with Crippen molar-refractivity contribution < 1.29 is 14.3 Å². The molecule has 2 aliphatic rings. The van der Waals surface area contributed by atoms with Gasteiger partial charge in [-0.2, -0.15) is 0 Å². The van der Waals surface area contributed by atoms with E-state index < -0.39 is 11.4 Å². The number of H-pyrrole nitrogens is 1. The molecular formula is C20H20ClFN4O2S. The van der Waals surface area contributed by atoms with Crippen LogP contribution in [0.15, 0.2) is 18.2 Å². The fourth-order valence-electron chi connectivity index (χ4n) is 3.87. The summed E-state index contributed by atoms with van der Waals surface area (Å²) in [6.45, 7) is 1.56. The minimum absolute atomic E-state index is 0.0185. The molecule has 1 saturated carbocycles. The summed E-state index contributed by atoms with van der Waals surface area (Å²) >= 11 is 7.55. The van der Waals surface area contributed by atoms with Crippen LogP contribution in [0.1, 0.15) is 40.3 Å². The average Bonchev–Trinajstić information content (AvgIpc) is 3.30. The van der Waals surface area contributed by atoms with Crippen LogP contribution in [0.25, 0.3) is 10.9 Å². The third kappa shape index (κ3) is 3.39. The number of carbonyl (C=O) groups excluding carboxylic acids is 1. The van der Waals surface area contributed by atoms with Gasteiger partial charge in [-0.05, 0) is 37.5 Å². The molecule has 0 unspecified atom stereocenters. The van der Waals surface area contributed by atoms with E-state index in [9.17, 15) is 14.3 Å². The van der Waals surface area contributed by atoms with Crippen molar-refractivity contribution in [2.45, 2.75) is 37.8 Å². The highest BCUT2D eigenvalue weighted by atomic mass is 35.5. The van der Waals surface area contributed by atoms with Gasteiger partial charge in [0.25, 0.3) is 5.91 Å². The zero-order valence-corrected chi connectivity index (χ0v) is 17.2. The van der Waals surface area contributed by atoms with E-state index in [1.54, 1.807) is 17.0 Å². The fraction of sp³-hybridized carbons (Fsp3) is 0.400. The molecule has 1 aliphatic heterocycles. The molecule has 3 heterocycles. The first-order chi connectivity index (χ1) is 13.9. The van der Waals surface area contributed by atoms with Crippen molar-refractivity contribution in [1.29, 1.82) is 0 Å². The minimum Gasteiger partial charge on any atom is -0.388 e. The largest absolute Gasteiger partial charge is 0.388 e. The number of rotatable bonds is 4. The van der Waals surface area contributed by atoms with Crippen LogP contribution in [0.5, 0.6) is 0 Å². The topological polar surface area (TPSA) is 81.2 Å². The molecule has 152 valence electrons. The summed E-state index contributed by atoms with van der Waals surface area (Å²) in [5.41, 5.74) is 1.43. The molecule has 9 heteroatoms. The van der Waals surface area contributed by atoms with Crippen LogP contribution >= 0.6 is 22.9 Å². The van der Waals surface area contributed by atoms with Crippen LogP contribution in [-0.4, -0.2) is 44.6 Å². The monoisotopic (exact) mass is 434 g/mol. The lowest BCUT2D eigenvalue weighted by molar-refractivity contribution is -0.0202. The van der Waals surface area contributed by atoms with Crippen molar-refractivity contribution in [1.82, 2.24) is 14.9 Å². The maximum Gasteiger partial charge on any atom is 0.270 e. The predicted molar refractivity (Wildman–Crippen MR) is 111 cm³/mol. The van der Waals surface area contributed by atoms with Gasteiger partial charge in [-0.25, -0.2) is 9.37 Å². The average molecular weight is 435 g/mol. The molecule has 0 spiro atoms. The highest BCUT2D eigenvalue weighted by Crippen LogP contribution is 2.34. The molecule has 3 aromatic rings. The SMILES string of the molecule is O=C(c1cc2c(Cl)c(F)ccc2[nH]1)N1CCc2nc(NCC3(O)CCC3)sc2C1. The Morgan fingerprint density at radius 3 is 3.03 bits per heavy atom. The van der Waals surface area contributed by atoms with Crippen LogP contribution in [0.2, 0.25) is 5.02 Å². The molecule has 3 N–H and O–H groups in total. The highest BCUT2D eigenvalue weighted by Gasteiger charge is 2.34. The Kier molecular flexibility index (Phi) is 4.53. The van der Waals surface area contributed by atoms with E-state index in [-0.39, 0.29) is 10.9 Å². The molecule has 2 aromatic heterocycles. The summed E-state index contributed by atoms with van der Waals surface area (Å²) in [5, 5.41) is 14.8. The zero-order valence-electron chi connectivity index (χ0n) is 15.6. The van der Waals surface area contributed by atoms with Gasteiger partial charge in [0.1, 0.15) is 11.5 Å². The summed E-state index contributed by atoms with van der Waals surface area (Å²) in [5.74, 6) is -0.647. The van der Waals surface area contributed by atoms with E-state index in [1.165, 1.54) is 17.4 Å². The Morgan fingerprint density at radius 1 is 1.45 bits per heavy atom. The predicted octanol–water partition coefficient (Wildman–Crippen LogP) is 3.94. The molecule has 0 bridgehead atoms. The minimum atomic E-state index is -0.607. The third-order valence-corrected chi connectivity index (χ3v) is 7.22. The lowest BCUT2D eigenvalue weighted by Crippen LogP contribution is -2.43. The molecule has 1 amide bonds. The van der Waals surface area contributed by atoms with Crippen molar-refractivity contribution >= 4 is 44.9 Å². The number of nitrogens with one attached hydrogen (secondary N) is 2. The first-order valence-electron chi connectivity index (χ1n) is 9.63. The van der Waals surface area contributed by atoms with E-state index in [4.69, 9.17) is 11.6 Å². The lowest BCUT2D eigenvalue weighted by Gasteiger charge is -2.36. The summed E-state index contributed by atoms with van der Waals surface area (Å²) in [6.07, 6.45) is 3.39. The molecule has 1 aliphatic carbocycles. The van der Waals surface area contributed by atoms with Gasteiger partial charge in [0, 0.05) is 35.3 Å². The number of carbonyl (C=O) groups is 1. The van der Waals surface area contributed by atoms with E-state index in [1.807, 2.05) is 0 Å². The molecule has 0 atom stereocenters. The number of aromatic nitrogens is 2. The van der Waals surface area contributed by atoms with Crippen molar-refractivity contribution in [2.24, 2.45) is 0 Å². The van der Waals surface area contributed by atoms with E-state index in [0.29, 0.717) is 42.7 Å². The Hall–Kier alpha value is -2.16. The Balaban J connectivity index is 1.31. The number of thiazole rings is 1. The van der Waals surface area contributed by atoms with Gasteiger partial charge < -0.3 is 20.3 Å². The fourth-order valence-corrected chi connectivity index (χ4v) is 5.11.